The lowest BCUT2D eigenvalue weighted by Crippen LogP contribution is -2.49. The van der Waals surface area contributed by atoms with Crippen molar-refractivity contribution in [1.82, 2.24) is 9.88 Å². The highest BCUT2D eigenvalue weighted by Crippen LogP contribution is 2.40. The van der Waals surface area contributed by atoms with Crippen molar-refractivity contribution in [3.8, 4) is 5.75 Å². The number of ether oxygens (including phenoxy) is 1. The SMILES string of the molecule is CCCC[C@@]1(C)C(=O)c2c(O)c(=O)c(C(=O)NCc3cccc(Cl)c3F)cn2C[C@@H]1OC. The van der Waals surface area contributed by atoms with Gasteiger partial charge in [0.05, 0.1) is 23.1 Å². The fourth-order valence-corrected chi connectivity index (χ4v) is 4.29. The van der Waals surface area contributed by atoms with E-state index < -0.39 is 40.2 Å². The first-order valence-corrected chi connectivity index (χ1v) is 10.8. The summed E-state index contributed by atoms with van der Waals surface area (Å²) < 4.78 is 21.0. The van der Waals surface area contributed by atoms with Crippen LogP contribution in [-0.2, 0) is 17.8 Å². The van der Waals surface area contributed by atoms with E-state index in [-0.39, 0.29) is 34.9 Å². The molecule has 2 heterocycles. The van der Waals surface area contributed by atoms with E-state index >= 15 is 0 Å². The summed E-state index contributed by atoms with van der Waals surface area (Å²) in [6.07, 6.45) is 2.96. The Morgan fingerprint density at radius 2 is 2.12 bits per heavy atom. The number of rotatable bonds is 7. The molecule has 2 atom stereocenters. The number of aromatic nitrogens is 1. The summed E-state index contributed by atoms with van der Waals surface area (Å²) in [5.41, 5.74) is -2.19. The Morgan fingerprint density at radius 1 is 1.41 bits per heavy atom. The van der Waals surface area contributed by atoms with E-state index in [4.69, 9.17) is 16.3 Å². The van der Waals surface area contributed by atoms with Crippen LogP contribution in [0, 0.1) is 11.2 Å². The molecule has 0 unspecified atom stereocenters. The largest absolute Gasteiger partial charge is 0.503 e. The van der Waals surface area contributed by atoms with Gasteiger partial charge in [-0.15, -0.1) is 0 Å². The molecule has 1 aliphatic heterocycles. The number of carbonyl (C=O) groups excluding carboxylic acids is 2. The molecule has 172 valence electrons. The van der Waals surface area contributed by atoms with Crippen LogP contribution in [0.3, 0.4) is 0 Å². The summed E-state index contributed by atoms with van der Waals surface area (Å²) in [6, 6.07) is 4.38. The van der Waals surface area contributed by atoms with E-state index in [1.54, 1.807) is 13.0 Å². The molecule has 1 aromatic heterocycles. The Labute approximate surface area is 190 Å². The van der Waals surface area contributed by atoms with Gasteiger partial charge >= 0.3 is 0 Å². The third kappa shape index (κ3) is 4.17. The Bertz CT molecular complexity index is 1120. The number of fused-ring (bicyclic) bond motifs is 1. The normalized spacial score (nSPS) is 20.2. The van der Waals surface area contributed by atoms with Crippen LogP contribution in [0.1, 0.15) is 59.5 Å². The lowest BCUT2D eigenvalue weighted by molar-refractivity contribution is -0.0190. The minimum Gasteiger partial charge on any atom is -0.503 e. The molecule has 0 radical (unpaired) electrons. The first-order valence-electron chi connectivity index (χ1n) is 10.4. The summed E-state index contributed by atoms with van der Waals surface area (Å²) in [5.74, 6) is -2.64. The number of nitrogens with zero attached hydrogens (tertiary/aromatic N) is 1. The number of methoxy groups -OCH3 is 1. The number of hydrogen-bond donors (Lipinski definition) is 2. The van der Waals surface area contributed by atoms with Crippen LogP contribution in [0.15, 0.2) is 29.2 Å². The van der Waals surface area contributed by atoms with Crippen LogP contribution in [-0.4, -0.2) is 34.6 Å². The number of pyridine rings is 1. The van der Waals surface area contributed by atoms with Crippen molar-refractivity contribution in [3.63, 3.8) is 0 Å². The van der Waals surface area contributed by atoms with E-state index in [1.807, 2.05) is 6.92 Å². The van der Waals surface area contributed by atoms with Crippen molar-refractivity contribution in [2.24, 2.45) is 5.41 Å². The van der Waals surface area contributed by atoms with Crippen molar-refractivity contribution < 1.29 is 23.8 Å². The van der Waals surface area contributed by atoms with Crippen molar-refractivity contribution in [2.45, 2.75) is 52.3 Å². The van der Waals surface area contributed by atoms with Gasteiger partial charge in [-0.05, 0) is 19.4 Å². The lowest BCUT2D eigenvalue weighted by Gasteiger charge is -2.41. The van der Waals surface area contributed by atoms with Gasteiger partial charge in [-0.25, -0.2) is 4.39 Å². The molecule has 3 rings (SSSR count). The summed E-state index contributed by atoms with van der Waals surface area (Å²) in [7, 11) is 1.50. The summed E-state index contributed by atoms with van der Waals surface area (Å²) in [4.78, 5) is 38.7. The first-order chi connectivity index (χ1) is 15.2. The smallest absolute Gasteiger partial charge is 0.257 e. The van der Waals surface area contributed by atoms with Gasteiger partial charge in [-0.2, -0.15) is 0 Å². The molecule has 0 saturated heterocycles. The summed E-state index contributed by atoms with van der Waals surface area (Å²) in [6.45, 7) is 3.76. The second-order valence-corrected chi connectivity index (χ2v) is 8.60. The quantitative estimate of drug-likeness (QED) is 0.651. The number of halogens is 2. The minimum atomic E-state index is -0.956. The average molecular weight is 465 g/mol. The highest BCUT2D eigenvalue weighted by Gasteiger charge is 2.47. The number of Topliss-reactive ketones (excluding diaryl/α,β-unsaturated/α-hetero) is 1. The molecule has 1 amide bonds. The zero-order valence-electron chi connectivity index (χ0n) is 18.2. The van der Waals surface area contributed by atoms with Gasteiger partial charge in [0.1, 0.15) is 17.1 Å². The predicted molar refractivity (Wildman–Crippen MR) is 118 cm³/mol. The van der Waals surface area contributed by atoms with Crippen LogP contribution < -0.4 is 10.7 Å². The molecule has 7 nitrogen and oxygen atoms in total. The molecule has 0 saturated carbocycles. The molecule has 0 fully saturated rings. The second kappa shape index (κ2) is 9.42. The van der Waals surface area contributed by atoms with Crippen LogP contribution >= 0.6 is 11.6 Å². The van der Waals surface area contributed by atoms with E-state index in [1.165, 1.54) is 30.0 Å². The maximum Gasteiger partial charge on any atom is 0.257 e. The molecule has 9 heteroatoms. The Balaban J connectivity index is 1.94. The van der Waals surface area contributed by atoms with Gasteiger partial charge in [0.2, 0.25) is 5.43 Å². The molecule has 0 bridgehead atoms. The van der Waals surface area contributed by atoms with Gasteiger partial charge in [-0.3, -0.25) is 14.4 Å². The first kappa shape index (κ1) is 23.9. The molecule has 1 aliphatic rings. The predicted octanol–water partition coefficient (Wildman–Crippen LogP) is 3.68. The Hall–Kier alpha value is -2.71. The van der Waals surface area contributed by atoms with Crippen LogP contribution in [0.2, 0.25) is 5.02 Å². The molecule has 2 aromatic rings. The standard InChI is InChI=1S/C23H26ClFN2O5/c1-4-5-9-23(2)16(32-3)12-27-11-14(19(28)20(29)18(27)21(23)30)22(31)26-10-13-7-6-8-15(24)17(13)25/h6-8,11,16,29H,4-5,9-10,12H2,1-3H3,(H,26,31)/t16-,23+/m0/s1. The third-order valence-corrected chi connectivity index (χ3v) is 6.40. The highest BCUT2D eigenvalue weighted by molar-refractivity contribution is 6.30. The lowest BCUT2D eigenvalue weighted by atomic mass is 9.72. The Morgan fingerprint density at radius 3 is 2.78 bits per heavy atom. The van der Waals surface area contributed by atoms with Gasteiger partial charge in [-0.1, -0.05) is 43.5 Å². The Kier molecular flexibility index (Phi) is 7.05. The van der Waals surface area contributed by atoms with Crippen molar-refractivity contribution >= 4 is 23.3 Å². The average Bonchev–Trinajstić information content (AvgIpc) is 2.77. The number of hydrogen-bond acceptors (Lipinski definition) is 5. The fraction of sp³-hybridized carbons (Fsp3) is 0.435. The molecule has 0 spiro atoms. The zero-order valence-corrected chi connectivity index (χ0v) is 19.0. The zero-order chi connectivity index (χ0) is 23.6. The van der Waals surface area contributed by atoms with Gasteiger partial charge in [0, 0.05) is 25.4 Å². The number of unbranched alkanes of at least 4 members (excludes halogenated alkanes) is 1. The van der Waals surface area contributed by atoms with Crippen LogP contribution in [0.25, 0.3) is 0 Å². The summed E-state index contributed by atoms with van der Waals surface area (Å²) in [5, 5.41) is 12.9. The van der Waals surface area contributed by atoms with Gasteiger partial charge in [0.25, 0.3) is 5.91 Å². The number of benzene rings is 1. The van der Waals surface area contributed by atoms with Crippen molar-refractivity contribution in [1.29, 1.82) is 0 Å². The van der Waals surface area contributed by atoms with E-state index in [2.05, 4.69) is 5.32 Å². The summed E-state index contributed by atoms with van der Waals surface area (Å²) >= 11 is 5.75. The third-order valence-electron chi connectivity index (χ3n) is 6.11. The maximum atomic E-state index is 14.1. The molecular weight excluding hydrogens is 439 g/mol. The molecule has 32 heavy (non-hydrogen) atoms. The van der Waals surface area contributed by atoms with Crippen molar-refractivity contribution in [2.75, 3.05) is 7.11 Å². The van der Waals surface area contributed by atoms with Crippen LogP contribution in [0.4, 0.5) is 4.39 Å². The topological polar surface area (TPSA) is 97.6 Å². The highest BCUT2D eigenvalue weighted by atomic mass is 35.5. The second-order valence-electron chi connectivity index (χ2n) is 8.19. The number of carbonyl (C=O) groups is 2. The van der Waals surface area contributed by atoms with Crippen molar-refractivity contribution in [3.05, 3.63) is 62.3 Å². The van der Waals surface area contributed by atoms with E-state index in [0.717, 1.165) is 12.8 Å². The van der Waals surface area contributed by atoms with Gasteiger partial charge in [0.15, 0.2) is 11.5 Å². The monoisotopic (exact) mass is 464 g/mol. The van der Waals surface area contributed by atoms with E-state index in [9.17, 15) is 23.9 Å². The fourth-order valence-electron chi connectivity index (χ4n) is 4.10. The molecule has 1 aromatic carbocycles. The molecule has 2 N–H and O–H groups in total. The van der Waals surface area contributed by atoms with Gasteiger partial charge < -0.3 is 19.7 Å². The van der Waals surface area contributed by atoms with Crippen LogP contribution in [0.5, 0.6) is 5.75 Å². The number of nitrogens with one attached hydrogen (secondary N) is 1. The minimum absolute atomic E-state index is 0.0847. The molecule has 0 aliphatic carbocycles. The number of aromatic hydroxyl groups is 1. The maximum absolute atomic E-state index is 14.1. The molecular formula is C23H26ClFN2O5. The van der Waals surface area contributed by atoms with E-state index in [0.29, 0.717) is 6.42 Å². The number of amides is 1. The number of ketones is 1.